The zero-order chi connectivity index (χ0) is 20.4. The van der Waals surface area contributed by atoms with Crippen LogP contribution in [0.3, 0.4) is 0 Å². The van der Waals surface area contributed by atoms with Gasteiger partial charge in [-0.1, -0.05) is 82.9 Å². The van der Waals surface area contributed by atoms with Crippen LogP contribution >= 0.6 is 0 Å². The van der Waals surface area contributed by atoms with Crippen molar-refractivity contribution in [2.24, 2.45) is 21.2 Å². The third-order valence-corrected chi connectivity index (χ3v) is 7.15. The zero-order valence-corrected chi connectivity index (χ0v) is 17.9. The molecule has 3 unspecified atom stereocenters. The lowest BCUT2D eigenvalue weighted by atomic mass is 9.58. The van der Waals surface area contributed by atoms with Crippen molar-refractivity contribution in [1.82, 2.24) is 0 Å². The fourth-order valence-electron chi connectivity index (χ4n) is 3.48. The van der Waals surface area contributed by atoms with Crippen molar-refractivity contribution in [3.63, 3.8) is 0 Å². The van der Waals surface area contributed by atoms with E-state index in [-0.39, 0.29) is 11.4 Å². The molecule has 0 amide bonds. The summed E-state index contributed by atoms with van der Waals surface area (Å²) in [6.07, 6.45) is 12.3. The average molecular weight is 358 g/mol. The van der Waals surface area contributed by atoms with Gasteiger partial charge in [0.05, 0.1) is 5.54 Å². The molecule has 0 bridgehead atoms. The molecular weight excluding hydrogens is 321 g/mol. The van der Waals surface area contributed by atoms with E-state index in [1.807, 2.05) is 59.8 Å². The Morgan fingerprint density at radius 3 is 2.19 bits per heavy atom. The lowest BCUT2D eigenvalue weighted by Gasteiger charge is -2.50. The highest BCUT2D eigenvalue weighted by Gasteiger charge is 2.52. The van der Waals surface area contributed by atoms with Crippen LogP contribution in [0.15, 0.2) is 65.8 Å². The molecule has 2 heteroatoms. The number of aliphatic imine (C=N–C) groups is 1. The minimum Gasteiger partial charge on any atom is -0.249 e. The van der Waals surface area contributed by atoms with E-state index < -0.39 is 16.4 Å². The van der Waals surface area contributed by atoms with Crippen molar-refractivity contribution < 1.29 is 4.39 Å². The van der Waals surface area contributed by atoms with Crippen LogP contribution < -0.4 is 0 Å². The van der Waals surface area contributed by atoms with Gasteiger partial charge in [0, 0.05) is 16.2 Å². The maximum absolute atomic E-state index is 15.7. The molecule has 0 saturated carbocycles. The molecule has 0 aromatic carbocycles. The molecule has 1 aliphatic rings. The summed E-state index contributed by atoms with van der Waals surface area (Å²) in [6.45, 7) is 24.2. The van der Waals surface area contributed by atoms with E-state index in [0.29, 0.717) is 6.42 Å². The second kappa shape index (κ2) is 7.50. The quantitative estimate of drug-likeness (QED) is 0.244. The van der Waals surface area contributed by atoms with E-state index in [0.717, 1.165) is 5.57 Å². The Balaban J connectivity index is 3.39. The van der Waals surface area contributed by atoms with E-state index in [1.165, 1.54) is 5.57 Å². The zero-order valence-electron chi connectivity index (χ0n) is 17.9. The van der Waals surface area contributed by atoms with Crippen LogP contribution in [0.25, 0.3) is 0 Å². The van der Waals surface area contributed by atoms with Crippen LogP contribution in [-0.4, -0.2) is 11.5 Å². The largest absolute Gasteiger partial charge is 0.249 e. The summed E-state index contributed by atoms with van der Waals surface area (Å²) < 4.78 is 15.7. The Kier molecular flexibility index (Phi) is 6.45. The summed E-state index contributed by atoms with van der Waals surface area (Å²) in [6, 6.07) is 0. The third-order valence-electron chi connectivity index (χ3n) is 7.15. The van der Waals surface area contributed by atoms with Crippen LogP contribution in [-0.2, 0) is 0 Å². The SMILES string of the molecule is C=C/C=C\C(=C)C(C)(C)C(C)(CC)C(F)=NC1(C)C=CC1(C)/C(C)=C/C. The molecule has 1 rings (SSSR count). The summed E-state index contributed by atoms with van der Waals surface area (Å²) in [5.74, 6) is -0.305. The van der Waals surface area contributed by atoms with Gasteiger partial charge in [-0.2, -0.15) is 4.39 Å². The van der Waals surface area contributed by atoms with E-state index in [1.54, 1.807) is 6.08 Å². The first-order valence-electron chi connectivity index (χ1n) is 9.44. The topological polar surface area (TPSA) is 12.4 Å². The fourth-order valence-corrected chi connectivity index (χ4v) is 3.48. The van der Waals surface area contributed by atoms with Crippen LogP contribution in [0.1, 0.15) is 61.8 Å². The fraction of sp³-hybridized carbons (Fsp3) is 0.542. The Hall–Kier alpha value is -1.70. The first-order chi connectivity index (χ1) is 11.9. The van der Waals surface area contributed by atoms with Gasteiger partial charge < -0.3 is 0 Å². The van der Waals surface area contributed by atoms with Gasteiger partial charge in [-0.15, -0.1) is 0 Å². The lowest BCUT2D eigenvalue weighted by molar-refractivity contribution is 0.190. The standard InChI is InChI=1S/C24H36FN/c1-11-14-15-19(5)21(6,7)22(8,13-3)20(25)26-24(10)17-16-23(24,9)18(4)12-2/h11-12,14-17H,1,5,13H2,2-4,6-10H3/b15-14-,18-12+,26-20?. The van der Waals surface area contributed by atoms with Crippen molar-refractivity contribution in [3.8, 4) is 0 Å². The molecule has 1 nitrogen and oxygen atoms in total. The maximum atomic E-state index is 15.7. The molecule has 0 aromatic heterocycles. The minimum atomic E-state index is -0.743. The van der Waals surface area contributed by atoms with E-state index in [9.17, 15) is 0 Å². The lowest BCUT2D eigenvalue weighted by Crippen LogP contribution is -2.49. The molecule has 144 valence electrons. The highest BCUT2D eigenvalue weighted by molar-refractivity contribution is 5.84. The van der Waals surface area contributed by atoms with Crippen LogP contribution in [0.4, 0.5) is 4.39 Å². The Labute approximate surface area is 160 Å². The van der Waals surface area contributed by atoms with Crippen molar-refractivity contribution in [2.75, 3.05) is 0 Å². The van der Waals surface area contributed by atoms with Gasteiger partial charge in [0.15, 0.2) is 5.97 Å². The van der Waals surface area contributed by atoms with E-state index in [4.69, 9.17) is 0 Å². The molecule has 0 saturated heterocycles. The molecule has 0 fully saturated rings. The molecule has 1 aliphatic carbocycles. The van der Waals surface area contributed by atoms with Crippen LogP contribution in [0, 0.1) is 16.2 Å². The normalized spacial score (nSPS) is 29.4. The molecule has 0 aliphatic heterocycles. The molecule has 0 N–H and O–H groups in total. The molecule has 0 aromatic rings. The summed E-state index contributed by atoms with van der Waals surface area (Å²) in [5, 5.41) is 0. The summed E-state index contributed by atoms with van der Waals surface area (Å²) in [5.41, 5.74) is 0.0248. The Bertz CT molecular complexity index is 691. The van der Waals surface area contributed by atoms with Crippen LogP contribution in [0.2, 0.25) is 0 Å². The van der Waals surface area contributed by atoms with Crippen molar-refractivity contribution in [3.05, 3.63) is 60.8 Å². The van der Waals surface area contributed by atoms with Gasteiger partial charge in [0.1, 0.15) is 0 Å². The highest BCUT2D eigenvalue weighted by Crippen LogP contribution is 2.53. The number of allylic oxidation sites excluding steroid dienone is 5. The highest BCUT2D eigenvalue weighted by atomic mass is 19.1. The maximum Gasteiger partial charge on any atom is 0.192 e. The third kappa shape index (κ3) is 3.31. The van der Waals surface area contributed by atoms with Gasteiger partial charge in [0.25, 0.3) is 0 Å². The van der Waals surface area contributed by atoms with E-state index >= 15 is 4.39 Å². The average Bonchev–Trinajstić information content (AvgIpc) is 2.62. The molecule has 0 spiro atoms. The predicted molar refractivity (Wildman–Crippen MR) is 114 cm³/mol. The van der Waals surface area contributed by atoms with E-state index in [2.05, 4.69) is 44.1 Å². The van der Waals surface area contributed by atoms with Gasteiger partial charge in [-0.05, 0) is 39.7 Å². The smallest absolute Gasteiger partial charge is 0.192 e. The number of hydrogen-bond donors (Lipinski definition) is 0. The first-order valence-corrected chi connectivity index (χ1v) is 9.44. The Morgan fingerprint density at radius 2 is 1.81 bits per heavy atom. The van der Waals surface area contributed by atoms with Gasteiger partial charge in [-0.25, -0.2) is 4.99 Å². The summed E-state index contributed by atoms with van der Waals surface area (Å²) >= 11 is 0. The van der Waals surface area contributed by atoms with Gasteiger partial charge >= 0.3 is 0 Å². The Morgan fingerprint density at radius 1 is 1.23 bits per heavy atom. The molecule has 26 heavy (non-hydrogen) atoms. The molecule has 0 heterocycles. The number of nitrogens with zero attached hydrogens (tertiary/aromatic N) is 1. The molecule has 3 atom stereocenters. The van der Waals surface area contributed by atoms with Crippen LogP contribution in [0.5, 0.6) is 0 Å². The second-order valence-electron chi connectivity index (χ2n) is 8.49. The summed E-state index contributed by atoms with van der Waals surface area (Å²) in [7, 11) is 0. The monoisotopic (exact) mass is 357 g/mol. The summed E-state index contributed by atoms with van der Waals surface area (Å²) in [4.78, 5) is 4.65. The predicted octanol–water partition coefficient (Wildman–Crippen LogP) is 7.40. The van der Waals surface area contributed by atoms with Gasteiger partial charge in [-0.3, -0.25) is 0 Å². The molecular formula is C24H36FN. The van der Waals surface area contributed by atoms with Crippen molar-refractivity contribution in [2.45, 2.75) is 67.3 Å². The van der Waals surface area contributed by atoms with Gasteiger partial charge in [0.2, 0.25) is 0 Å². The minimum absolute atomic E-state index is 0.252. The number of halogens is 1. The molecule has 0 radical (unpaired) electrons. The number of hydrogen-bond acceptors (Lipinski definition) is 1. The van der Waals surface area contributed by atoms with Crippen molar-refractivity contribution in [1.29, 1.82) is 0 Å². The van der Waals surface area contributed by atoms with Crippen molar-refractivity contribution >= 4 is 5.97 Å². The first kappa shape index (κ1) is 22.3. The number of rotatable bonds is 8. The second-order valence-corrected chi connectivity index (χ2v) is 8.49.